The van der Waals surface area contributed by atoms with Crippen molar-refractivity contribution in [1.82, 2.24) is 14.5 Å². The zero-order valence-corrected chi connectivity index (χ0v) is 17.7. The maximum Gasteiger partial charge on any atom is 0.259 e. The Labute approximate surface area is 174 Å². The topological polar surface area (TPSA) is 73.7 Å². The van der Waals surface area contributed by atoms with Gasteiger partial charge in [-0.2, -0.15) is 0 Å². The molecular weight excluding hydrogens is 382 g/mol. The van der Waals surface area contributed by atoms with Crippen molar-refractivity contribution >= 4 is 16.9 Å². The molecule has 0 fully saturated rings. The number of pyridine rings is 2. The van der Waals surface area contributed by atoms with Crippen LogP contribution in [0, 0.1) is 6.92 Å². The number of amides is 1. The SMILES string of the molecule is CCn1cc(C(=O)N2CCc3cc(OC)c(OC)cc3C2)c(=O)c2ccc(C)nc21. The normalized spacial score (nSPS) is 13.3. The minimum Gasteiger partial charge on any atom is -0.493 e. The van der Waals surface area contributed by atoms with Crippen molar-refractivity contribution in [2.75, 3.05) is 20.8 Å². The lowest BCUT2D eigenvalue weighted by molar-refractivity contribution is 0.0732. The minimum absolute atomic E-state index is 0.180. The van der Waals surface area contributed by atoms with E-state index in [0.29, 0.717) is 48.6 Å². The van der Waals surface area contributed by atoms with Crippen molar-refractivity contribution < 1.29 is 14.3 Å². The molecule has 156 valence electrons. The monoisotopic (exact) mass is 407 g/mol. The number of aromatic nitrogens is 2. The van der Waals surface area contributed by atoms with E-state index in [2.05, 4.69) is 4.98 Å². The number of carbonyl (C=O) groups is 1. The number of carbonyl (C=O) groups excluding carboxylic acids is 1. The van der Waals surface area contributed by atoms with Crippen LogP contribution in [0.15, 0.2) is 35.3 Å². The van der Waals surface area contributed by atoms with E-state index in [0.717, 1.165) is 16.8 Å². The Balaban J connectivity index is 1.72. The molecule has 1 aliphatic rings. The summed E-state index contributed by atoms with van der Waals surface area (Å²) in [6, 6.07) is 7.43. The Kier molecular flexibility index (Phi) is 5.20. The van der Waals surface area contributed by atoms with E-state index >= 15 is 0 Å². The number of fused-ring (bicyclic) bond motifs is 2. The van der Waals surface area contributed by atoms with E-state index < -0.39 is 0 Å². The molecule has 0 atom stereocenters. The molecule has 3 heterocycles. The van der Waals surface area contributed by atoms with E-state index in [1.54, 1.807) is 37.4 Å². The zero-order valence-electron chi connectivity index (χ0n) is 17.7. The number of ether oxygens (including phenoxy) is 2. The van der Waals surface area contributed by atoms with Crippen molar-refractivity contribution in [3.63, 3.8) is 0 Å². The quantitative estimate of drug-likeness (QED) is 0.665. The summed E-state index contributed by atoms with van der Waals surface area (Å²) >= 11 is 0. The first-order valence-corrected chi connectivity index (χ1v) is 10.0. The molecule has 1 aromatic carbocycles. The number of rotatable bonds is 4. The molecule has 0 unspecified atom stereocenters. The molecule has 0 N–H and O–H groups in total. The second kappa shape index (κ2) is 7.82. The van der Waals surface area contributed by atoms with Gasteiger partial charge in [0.25, 0.3) is 5.91 Å². The number of aryl methyl sites for hydroxylation is 2. The van der Waals surface area contributed by atoms with E-state index in [-0.39, 0.29) is 16.9 Å². The lowest BCUT2D eigenvalue weighted by Gasteiger charge is -2.29. The number of hydrogen-bond acceptors (Lipinski definition) is 5. The Morgan fingerprint density at radius 1 is 1.13 bits per heavy atom. The Bertz CT molecular complexity index is 1200. The van der Waals surface area contributed by atoms with Crippen LogP contribution < -0.4 is 14.9 Å². The maximum absolute atomic E-state index is 13.3. The molecule has 0 aliphatic carbocycles. The molecule has 4 rings (SSSR count). The second-order valence-corrected chi connectivity index (χ2v) is 7.43. The fourth-order valence-electron chi connectivity index (χ4n) is 3.98. The third-order valence-corrected chi connectivity index (χ3v) is 5.64. The third-order valence-electron chi connectivity index (χ3n) is 5.64. The summed E-state index contributed by atoms with van der Waals surface area (Å²) in [5.41, 5.74) is 3.48. The summed E-state index contributed by atoms with van der Waals surface area (Å²) in [6.07, 6.45) is 2.33. The van der Waals surface area contributed by atoms with Gasteiger partial charge >= 0.3 is 0 Å². The van der Waals surface area contributed by atoms with Crippen LogP contribution in [-0.2, 0) is 19.5 Å². The summed E-state index contributed by atoms with van der Waals surface area (Å²) in [4.78, 5) is 32.6. The molecule has 0 radical (unpaired) electrons. The van der Waals surface area contributed by atoms with Crippen LogP contribution >= 0.6 is 0 Å². The molecule has 0 saturated heterocycles. The molecule has 0 bridgehead atoms. The molecule has 30 heavy (non-hydrogen) atoms. The summed E-state index contributed by atoms with van der Waals surface area (Å²) < 4.78 is 12.6. The standard InChI is InChI=1S/C23H25N3O4/c1-5-25-13-18(21(27)17-7-6-14(2)24-22(17)25)23(28)26-9-8-15-10-19(29-3)20(30-4)11-16(15)12-26/h6-7,10-11,13H,5,8-9,12H2,1-4H3. The predicted molar refractivity (Wildman–Crippen MR) is 114 cm³/mol. The number of nitrogens with zero attached hydrogens (tertiary/aromatic N) is 3. The Hall–Kier alpha value is -3.35. The molecule has 1 amide bonds. The first-order chi connectivity index (χ1) is 14.5. The lowest BCUT2D eigenvalue weighted by Crippen LogP contribution is -2.38. The van der Waals surface area contributed by atoms with Crippen molar-refractivity contribution in [2.45, 2.75) is 33.4 Å². The minimum atomic E-state index is -0.273. The summed E-state index contributed by atoms with van der Waals surface area (Å²) in [5.74, 6) is 1.05. The van der Waals surface area contributed by atoms with Gasteiger partial charge in [-0.25, -0.2) is 4.98 Å². The lowest BCUT2D eigenvalue weighted by atomic mass is 9.98. The van der Waals surface area contributed by atoms with Crippen LogP contribution in [0.25, 0.3) is 11.0 Å². The predicted octanol–water partition coefficient (Wildman–Crippen LogP) is 2.94. The van der Waals surface area contributed by atoms with Gasteiger partial charge in [-0.05, 0) is 55.7 Å². The summed E-state index contributed by atoms with van der Waals surface area (Å²) in [7, 11) is 3.20. The highest BCUT2D eigenvalue weighted by molar-refractivity contribution is 5.97. The molecule has 3 aromatic rings. The van der Waals surface area contributed by atoms with Crippen molar-refractivity contribution in [3.05, 3.63) is 63.1 Å². The molecule has 0 spiro atoms. The Morgan fingerprint density at radius 2 is 1.83 bits per heavy atom. The fourth-order valence-corrected chi connectivity index (χ4v) is 3.98. The van der Waals surface area contributed by atoms with E-state index in [1.807, 2.05) is 30.5 Å². The van der Waals surface area contributed by atoms with Crippen molar-refractivity contribution in [1.29, 1.82) is 0 Å². The highest BCUT2D eigenvalue weighted by Gasteiger charge is 2.26. The summed E-state index contributed by atoms with van der Waals surface area (Å²) in [5, 5.41) is 0.470. The first kappa shape index (κ1) is 19.9. The van der Waals surface area contributed by atoms with Gasteiger partial charge in [0, 0.05) is 31.5 Å². The van der Waals surface area contributed by atoms with Gasteiger partial charge in [0.1, 0.15) is 11.2 Å². The number of methoxy groups -OCH3 is 2. The van der Waals surface area contributed by atoms with Gasteiger partial charge in [-0.1, -0.05) is 0 Å². The second-order valence-electron chi connectivity index (χ2n) is 7.43. The van der Waals surface area contributed by atoms with Gasteiger partial charge in [0.15, 0.2) is 11.5 Å². The van der Waals surface area contributed by atoms with Crippen LogP contribution in [0.2, 0.25) is 0 Å². The maximum atomic E-state index is 13.3. The summed E-state index contributed by atoms with van der Waals surface area (Å²) in [6.45, 7) is 5.44. The zero-order chi connectivity index (χ0) is 21.4. The molecule has 7 nitrogen and oxygen atoms in total. The van der Waals surface area contributed by atoms with E-state index in [9.17, 15) is 9.59 Å². The van der Waals surface area contributed by atoms with Gasteiger partial charge in [0.2, 0.25) is 5.43 Å². The number of hydrogen-bond donors (Lipinski definition) is 0. The number of benzene rings is 1. The van der Waals surface area contributed by atoms with E-state index in [1.165, 1.54) is 0 Å². The van der Waals surface area contributed by atoms with Gasteiger partial charge in [0.05, 0.1) is 19.6 Å². The molecule has 0 saturated carbocycles. The van der Waals surface area contributed by atoms with Crippen LogP contribution in [0.5, 0.6) is 11.5 Å². The van der Waals surface area contributed by atoms with Crippen molar-refractivity contribution in [2.24, 2.45) is 0 Å². The van der Waals surface area contributed by atoms with Gasteiger partial charge < -0.3 is 18.9 Å². The highest BCUT2D eigenvalue weighted by atomic mass is 16.5. The van der Waals surface area contributed by atoms with Gasteiger partial charge in [-0.3, -0.25) is 9.59 Å². The largest absolute Gasteiger partial charge is 0.493 e. The fraction of sp³-hybridized carbons (Fsp3) is 0.348. The van der Waals surface area contributed by atoms with Crippen LogP contribution in [0.3, 0.4) is 0 Å². The van der Waals surface area contributed by atoms with Crippen molar-refractivity contribution in [3.8, 4) is 11.5 Å². The first-order valence-electron chi connectivity index (χ1n) is 10.0. The molecule has 1 aliphatic heterocycles. The van der Waals surface area contributed by atoms with Gasteiger partial charge in [-0.15, -0.1) is 0 Å². The van der Waals surface area contributed by atoms with Crippen LogP contribution in [0.4, 0.5) is 0 Å². The van der Waals surface area contributed by atoms with E-state index in [4.69, 9.17) is 9.47 Å². The Morgan fingerprint density at radius 3 is 2.50 bits per heavy atom. The smallest absolute Gasteiger partial charge is 0.259 e. The van der Waals surface area contributed by atoms with Crippen LogP contribution in [0.1, 0.15) is 34.1 Å². The third kappa shape index (κ3) is 3.30. The molecule has 7 heteroatoms. The molecular formula is C23H25N3O4. The highest BCUT2D eigenvalue weighted by Crippen LogP contribution is 2.33. The van der Waals surface area contributed by atoms with Crippen LogP contribution in [-0.4, -0.2) is 41.1 Å². The average Bonchev–Trinajstić information content (AvgIpc) is 2.77. The average molecular weight is 407 g/mol. The molecule has 2 aromatic heterocycles.